The van der Waals surface area contributed by atoms with Crippen molar-refractivity contribution < 1.29 is 14.3 Å². The van der Waals surface area contributed by atoms with Crippen molar-refractivity contribution in [1.82, 2.24) is 9.88 Å². The van der Waals surface area contributed by atoms with E-state index in [9.17, 15) is 9.90 Å². The predicted molar refractivity (Wildman–Crippen MR) is 75.7 cm³/mol. The Hall–Kier alpha value is -1.66. The summed E-state index contributed by atoms with van der Waals surface area (Å²) in [6, 6.07) is 3.77. The van der Waals surface area contributed by atoms with Crippen molar-refractivity contribution in [3.8, 4) is 10.8 Å². The van der Waals surface area contributed by atoms with Crippen molar-refractivity contribution >= 4 is 17.2 Å². The average molecular weight is 292 g/mol. The fourth-order valence-corrected chi connectivity index (χ4v) is 3.22. The van der Waals surface area contributed by atoms with Crippen molar-refractivity contribution in [3.05, 3.63) is 29.0 Å². The lowest BCUT2D eigenvalue weighted by Gasteiger charge is -2.19. The molecule has 2 aromatic rings. The summed E-state index contributed by atoms with van der Waals surface area (Å²) in [5.74, 6) is 1.38. The molecule has 3 rings (SSSR count). The van der Waals surface area contributed by atoms with Crippen molar-refractivity contribution in [2.45, 2.75) is 32.4 Å². The van der Waals surface area contributed by atoms with Gasteiger partial charge in [-0.05, 0) is 32.4 Å². The standard InChI is InChI=1S/C14H16N2O3S/c1-8-5-10(17)6-16(8)14(18)11-7-20-13(15-11)12-4-3-9(2)19-12/h3-4,7-8,10,17H,5-6H2,1-2H3. The molecule has 1 aliphatic rings. The molecule has 1 amide bonds. The van der Waals surface area contributed by atoms with E-state index in [1.807, 2.05) is 26.0 Å². The monoisotopic (exact) mass is 292 g/mol. The van der Waals surface area contributed by atoms with E-state index in [0.717, 1.165) is 5.76 Å². The van der Waals surface area contributed by atoms with Gasteiger partial charge in [0.15, 0.2) is 10.8 Å². The molecule has 6 heteroatoms. The topological polar surface area (TPSA) is 66.6 Å². The Morgan fingerprint density at radius 1 is 1.55 bits per heavy atom. The molecule has 0 saturated carbocycles. The minimum atomic E-state index is -0.431. The van der Waals surface area contributed by atoms with Crippen molar-refractivity contribution in [3.63, 3.8) is 0 Å². The molecule has 0 spiro atoms. The van der Waals surface area contributed by atoms with Crippen molar-refractivity contribution in [2.75, 3.05) is 6.54 Å². The number of thiazole rings is 1. The Morgan fingerprint density at radius 3 is 2.95 bits per heavy atom. The first-order valence-corrected chi connectivity index (χ1v) is 7.44. The van der Waals surface area contributed by atoms with E-state index in [1.54, 1.807) is 10.3 Å². The maximum absolute atomic E-state index is 12.4. The summed E-state index contributed by atoms with van der Waals surface area (Å²) >= 11 is 1.39. The minimum Gasteiger partial charge on any atom is -0.459 e. The molecule has 3 heterocycles. The van der Waals surface area contributed by atoms with Gasteiger partial charge in [0.05, 0.1) is 6.10 Å². The molecule has 0 aliphatic carbocycles. The van der Waals surface area contributed by atoms with Crippen molar-refractivity contribution in [2.24, 2.45) is 0 Å². The molecule has 20 heavy (non-hydrogen) atoms. The third-order valence-corrected chi connectivity index (χ3v) is 4.34. The number of aromatic nitrogens is 1. The number of carbonyl (C=O) groups is 1. The zero-order chi connectivity index (χ0) is 14.3. The summed E-state index contributed by atoms with van der Waals surface area (Å²) in [6.07, 6.45) is 0.194. The van der Waals surface area contributed by atoms with Gasteiger partial charge in [0, 0.05) is 18.0 Å². The van der Waals surface area contributed by atoms with E-state index in [0.29, 0.717) is 29.4 Å². The van der Waals surface area contributed by atoms with E-state index in [4.69, 9.17) is 4.42 Å². The number of furan rings is 1. The fraction of sp³-hybridized carbons (Fsp3) is 0.429. The van der Waals surface area contributed by atoms with Gasteiger partial charge in [-0.25, -0.2) is 4.98 Å². The number of hydrogen-bond acceptors (Lipinski definition) is 5. The van der Waals surface area contributed by atoms with Crippen LogP contribution >= 0.6 is 11.3 Å². The van der Waals surface area contributed by atoms with Crippen LogP contribution in [0.4, 0.5) is 0 Å². The molecule has 2 unspecified atom stereocenters. The van der Waals surface area contributed by atoms with E-state index in [1.165, 1.54) is 11.3 Å². The molecule has 1 fully saturated rings. The zero-order valence-corrected chi connectivity index (χ0v) is 12.2. The largest absolute Gasteiger partial charge is 0.459 e. The molecule has 2 atom stereocenters. The molecule has 0 aromatic carbocycles. The minimum absolute atomic E-state index is 0.0495. The second-order valence-electron chi connectivity index (χ2n) is 5.14. The summed E-state index contributed by atoms with van der Waals surface area (Å²) in [5.41, 5.74) is 0.417. The number of aliphatic hydroxyl groups excluding tert-OH is 1. The highest BCUT2D eigenvalue weighted by Crippen LogP contribution is 2.27. The van der Waals surface area contributed by atoms with Crippen LogP contribution in [0.3, 0.4) is 0 Å². The van der Waals surface area contributed by atoms with Crippen LogP contribution in [-0.2, 0) is 0 Å². The predicted octanol–water partition coefficient (Wildman–Crippen LogP) is 2.31. The van der Waals surface area contributed by atoms with Crippen LogP contribution in [0.25, 0.3) is 10.8 Å². The first-order chi connectivity index (χ1) is 9.54. The van der Waals surface area contributed by atoms with Gasteiger partial charge < -0.3 is 14.4 Å². The van der Waals surface area contributed by atoms with Crippen molar-refractivity contribution in [1.29, 1.82) is 0 Å². The second-order valence-corrected chi connectivity index (χ2v) is 6.00. The number of carbonyl (C=O) groups excluding carboxylic acids is 1. The van der Waals surface area contributed by atoms with E-state index in [2.05, 4.69) is 4.98 Å². The highest BCUT2D eigenvalue weighted by atomic mass is 32.1. The number of likely N-dealkylation sites (tertiary alicyclic amines) is 1. The lowest BCUT2D eigenvalue weighted by molar-refractivity contribution is 0.0721. The Bertz CT molecular complexity index is 634. The summed E-state index contributed by atoms with van der Waals surface area (Å²) in [4.78, 5) is 18.4. The normalized spacial score (nSPS) is 22.4. The maximum atomic E-state index is 12.4. The number of aryl methyl sites for hydroxylation is 1. The fourth-order valence-electron chi connectivity index (χ4n) is 2.47. The number of rotatable bonds is 2. The number of nitrogens with zero attached hydrogens (tertiary/aromatic N) is 2. The third-order valence-electron chi connectivity index (χ3n) is 3.49. The first kappa shape index (κ1) is 13.3. The number of hydrogen-bond donors (Lipinski definition) is 1. The van der Waals surface area contributed by atoms with Crippen LogP contribution in [0.5, 0.6) is 0 Å². The Labute approximate surface area is 120 Å². The van der Waals surface area contributed by atoms with Gasteiger partial charge in [-0.3, -0.25) is 4.79 Å². The molecule has 1 aliphatic heterocycles. The quantitative estimate of drug-likeness (QED) is 0.922. The highest BCUT2D eigenvalue weighted by molar-refractivity contribution is 7.13. The SMILES string of the molecule is Cc1ccc(-c2nc(C(=O)N3CC(O)CC3C)cs2)o1. The molecule has 1 saturated heterocycles. The van der Waals surface area contributed by atoms with Gasteiger partial charge in [0.2, 0.25) is 0 Å². The Kier molecular flexibility index (Phi) is 3.35. The average Bonchev–Trinajstić information content (AvgIpc) is 3.08. The lowest BCUT2D eigenvalue weighted by atomic mass is 10.2. The molecular weight excluding hydrogens is 276 g/mol. The van der Waals surface area contributed by atoms with Crippen LogP contribution in [0.2, 0.25) is 0 Å². The second kappa shape index (κ2) is 5.03. The van der Waals surface area contributed by atoms with Gasteiger partial charge in [-0.15, -0.1) is 11.3 Å². The molecule has 0 radical (unpaired) electrons. The molecule has 1 N–H and O–H groups in total. The number of β-amino-alcohol motifs (C(OH)–C–C–N with tert-alkyl or cyclic N) is 1. The van der Waals surface area contributed by atoms with Crippen LogP contribution < -0.4 is 0 Å². The third kappa shape index (κ3) is 2.36. The maximum Gasteiger partial charge on any atom is 0.273 e. The Balaban J connectivity index is 1.81. The van der Waals surface area contributed by atoms with E-state index < -0.39 is 6.10 Å². The smallest absolute Gasteiger partial charge is 0.273 e. The summed E-state index contributed by atoms with van der Waals surface area (Å²) in [5, 5.41) is 12.1. The number of aliphatic hydroxyl groups is 1. The highest BCUT2D eigenvalue weighted by Gasteiger charge is 2.32. The van der Waals surface area contributed by atoms with Crippen LogP contribution in [0.15, 0.2) is 21.9 Å². The summed E-state index contributed by atoms with van der Waals surface area (Å²) < 4.78 is 5.51. The first-order valence-electron chi connectivity index (χ1n) is 6.56. The van der Waals surface area contributed by atoms with Crippen LogP contribution in [0, 0.1) is 6.92 Å². The zero-order valence-electron chi connectivity index (χ0n) is 11.4. The molecule has 0 bridgehead atoms. The van der Waals surface area contributed by atoms with Gasteiger partial charge in [0.1, 0.15) is 11.5 Å². The number of amides is 1. The summed E-state index contributed by atoms with van der Waals surface area (Å²) in [6.45, 7) is 4.19. The van der Waals surface area contributed by atoms with Gasteiger partial charge in [-0.1, -0.05) is 0 Å². The Morgan fingerprint density at radius 2 is 2.35 bits per heavy atom. The molecule has 106 valence electrons. The van der Waals surface area contributed by atoms with Gasteiger partial charge in [0.25, 0.3) is 5.91 Å². The van der Waals surface area contributed by atoms with E-state index >= 15 is 0 Å². The summed E-state index contributed by atoms with van der Waals surface area (Å²) in [7, 11) is 0. The van der Waals surface area contributed by atoms with E-state index in [-0.39, 0.29) is 11.9 Å². The van der Waals surface area contributed by atoms with Crippen LogP contribution in [-0.4, -0.2) is 39.6 Å². The molecule has 2 aromatic heterocycles. The van der Waals surface area contributed by atoms with Gasteiger partial charge >= 0.3 is 0 Å². The van der Waals surface area contributed by atoms with Crippen LogP contribution in [0.1, 0.15) is 29.6 Å². The lowest BCUT2D eigenvalue weighted by Crippen LogP contribution is -2.34. The molecular formula is C14H16N2O3S. The van der Waals surface area contributed by atoms with Gasteiger partial charge in [-0.2, -0.15) is 0 Å². The molecule has 5 nitrogen and oxygen atoms in total.